The van der Waals surface area contributed by atoms with E-state index in [1.165, 1.54) is 38.5 Å². The Morgan fingerprint density at radius 3 is 2.15 bits per heavy atom. The molecule has 0 heterocycles. The molecule has 0 aromatic carbocycles. The third-order valence-electron chi connectivity index (χ3n) is 2.19. The fourth-order valence-corrected chi connectivity index (χ4v) is 1.32. The first-order chi connectivity index (χ1) is 6.31. The zero-order valence-corrected chi connectivity index (χ0v) is 8.72. The Kier molecular flexibility index (Phi) is 9.22. The number of unbranched alkanes of at least 4 members (excludes halogenated alkanes) is 6. The van der Waals surface area contributed by atoms with Crippen LogP contribution in [0.1, 0.15) is 58.3 Å². The molecule has 0 aliphatic carbocycles. The Balaban J connectivity index is 2.95. The van der Waals surface area contributed by atoms with E-state index in [9.17, 15) is 0 Å². The van der Waals surface area contributed by atoms with Crippen molar-refractivity contribution in [1.82, 2.24) is 0 Å². The topological polar surface area (TPSA) is 29.5 Å². The maximum absolute atomic E-state index is 8.21. The van der Waals surface area contributed by atoms with Gasteiger partial charge in [0.25, 0.3) is 0 Å². The molecule has 0 spiro atoms. The molecular weight excluding hydrogens is 164 g/mol. The van der Waals surface area contributed by atoms with Crippen LogP contribution in [-0.2, 0) is 4.89 Å². The molecule has 0 radical (unpaired) electrons. The van der Waals surface area contributed by atoms with Crippen molar-refractivity contribution in [1.29, 1.82) is 0 Å². The van der Waals surface area contributed by atoms with Crippen LogP contribution in [-0.4, -0.2) is 5.26 Å². The van der Waals surface area contributed by atoms with Gasteiger partial charge >= 0.3 is 0 Å². The quantitative estimate of drug-likeness (QED) is 0.254. The third-order valence-corrected chi connectivity index (χ3v) is 2.19. The van der Waals surface area contributed by atoms with Crippen molar-refractivity contribution in [2.75, 3.05) is 0 Å². The van der Waals surface area contributed by atoms with E-state index in [-0.39, 0.29) is 0 Å². The summed E-state index contributed by atoms with van der Waals surface area (Å²) in [7, 11) is 0. The molecule has 0 amide bonds. The highest BCUT2D eigenvalue weighted by molar-refractivity contribution is 4.79. The highest BCUT2D eigenvalue weighted by Gasteiger charge is 1.94. The first-order valence-electron chi connectivity index (χ1n) is 5.30. The van der Waals surface area contributed by atoms with Gasteiger partial charge in [0.1, 0.15) is 5.76 Å². The fraction of sp³-hybridized carbons (Fsp3) is 0.818. The molecular formula is C11H22O2. The molecule has 2 nitrogen and oxygen atoms in total. The van der Waals surface area contributed by atoms with Crippen molar-refractivity contribution < 1.29 is 10.1 Å². The van der Waals surface area contributed by atoms with Crippen LogP contribution in [0.5, 0.6) is 0 Å². The standard InChI is InChI=1S/C11H22O2/c1-3-4-5-6-7-8-9-10-11(2)13-12/h12H,2-10H2,1H3. The normalized spacial score (nSPS) is 10.0. The van der Waals surface area contributed by atoms with E-state index in [4.69, 9.17) is 5.26 Å². The predicted octanol–water partition coefficient (Wildman–Crippen LogP) is 4.13. The molecule has 0 aromatic rings. The second-order valence-electron chi connectivity index (χ2n) is 3.50. The van der Waals surface area contributed by atoms with Gasteiger partial charge in [0.15, 0.2) is 0 Å². The van der Waals surface area contributed by atoms with Gasteiger partial charge in [0.05, 0.1) is 0 Å². The Morgan fingerprint density at radius 1 is 1.08 bits per heavy atom. The minimum Gasteiger partial charge on any atom is -0.345 e. The molecule has 0 aliphatic heterocycles. The van der Waals surface area contributed by atoms with Gasteiger partial charge in [0.2, 0.25) is 0 Å². The zero-order valence-electron chi connectivity index (χ0n) is 8.72. The van der Waals surface area contributed by atoms with Crippen LogP contribution in [0.4, 0.5) is 0 Å². The fourth-order valence-electron chi connectivity index (χ4n) is 1.32. The summed E-state index contributed by atoms with van der Waals surface area (Å²) >= 11 is 0. The van der Waals surface area contributed by atoms with Crippen LogP contribution >= 0.6 is 0 Å². The zero-order chi connectivity index (χ0) is 9.94. The van der Waals surface area contributed by atoms with Gasteiger partial charge in [-0.2, -0.15) is 0 Å². The summed E-state index contributed by atoms with van der Waals surface area (Å²) in [6, 6.07) is 0. The lowest BCUT2D eigenvalue weighted by molar-refractivity contribution is -0.205. The smallest absolute Gasteiger partial charge is 0.135 e. The summed E-state index contributed by atoms with van der Waals surface area (Å²) in [5, 5.41) is 8.21. The van der Waals surface area contributed by atoms with Crippen LogP contribution in [0.25, 0.3) is 0 Å². The Hall–Kier alpha value is -0.500. The summed E-state index contributed by atoms with van der Waals surface area (Å²) in [6.07, 6.45) is 9.70. The van der Waals surface area contributed by atoms with Gasteiger partial charge in [0, 0.05) is 6.42 Å². The van der Waals surface area contributed by atoms with Gasteiger partial charge in [-0.25, -0.2) is 5.26 Å². The minimum atomic E-state index is 0.480. The van der Waals surface area contributed by atoms with Crippen molar-refractivity contribution >= 4 is 0 Å². The minimum absolute atomic E-state index is 0.480. The molecule has 0 aliphatic rings. The van der Waals surface area contributed by atoms with Gasteiger partial charge in [-0.1, -0.05) is 52.0 Å². The second kappa shape index (κ2) is 9.59. The average molecular weight is 186 g/mol. The molecule has 0 atom stereocenters. The van der Waals surface area contributed by atoms with E-state index < -0.39 is 0 Å². The van der Waals surface area contributed by atoms with Crippen molar-refractivity contribution in [3.63, 3.8) is 0 Å². The number of hydrogen-bond acceptors (Lipinski definition) is 2. The van der Waals surface area contributed by atoms with E-state index in [0.717, 1.165) is 12.8 Å². The number of rotatable bonds is 9. The Morgan fingerprint density at radius 2 is 1.62 bits per heavy atom. The Bertz CT molecular complexity index is 121. The van der Waals surface area contributed by atoms with Gasteiger partial charge < -0.3 is 4.89 Å². The van der Waals surface area contributed by atoms with Crippen molar-refractivity contribution in [3.8, 4) is 0 Å². The van der Waals surface area contributed by atoms with Crippen molar-refractivity contribution in [3.05, 3.63) is 12.3 Å². The molecule has 0 rings (SSSR count). The van der Waals surface area contributed by atoms with Crippen LogP contribution < -0.4 is 0 Å². The molecule has 0 unspecified atom stereocenters. The largest absolute Gasteiger partial charge is 0.345 e. The average Bonchev–Trinajstić information content (AvgIpc) is 2.16. The first kappa shape index (κ1) is 12.5. The second-order valence-corrected chi connectivity index (χ2v) is 3.50. The number of hydrogen-bond donors (Lipinski definition) is 1. The molecule has 1 N–H and O–H groups in total. The lowest BCUT2D eigenvalue weighted by Crippen LogP contribution is -1.86. The molecule has 2 heteroatoms. The predicted molar refractivity (Wildman–Crippen MR) is 55.5 cm³/mol. The summed E-state index contributed by atoms with van der Waals surface area (Å²) < 4.78 is 0. The van der Waals surface area contributed by atoms with E-state index >= 15 is 0 Å². The van der Waals surface area contributed by atoms with E-state index in [1.54, 1.807) is 0 Å². The maximum Gasteiger partial charge on any atom is 0.135 e. The third kappa shape index (κ3) is 9.41. The Labute approximate surface area is 81.5 Å². The maximum atomic E-state index is 8.21. The van der Waals surface area contributed by atoms with Crippen LogP contribution in [0.15, 0.2) is 12.3 Å². The molecule has 0 bridgehead atoms. The van der Waals surface area contributed by atoms with Crippen molar-refractivity contribution in [2.24, 2.45) is 0 Å². The highest BCUT2D eigenvalue weighted by atomic mass is 17.1. The van der Waals surface area contributed by atoms with Crippen LogP contribution in [0.2, 0.25) is 0 Å². The number of allylic oxidation sites excluding steroid dienone is 1. The molecule has 13 heavy (non-hydrogen) atoms. The van der Waals surface area contributed by atoms with Gasteiger partial charge in [-0.3, -0.25) is 0 Å². The van der Waals surface area contributed by atoms with Crippen LogP contribution in [0, 0.1) is 0 Å². The van der Waals surface area contributed by atoms with E-state index in [0.29, 0.717) is 5.76 Å². The molecule has 0 saturated carbocycles. The monoisotopic (exact) mass is 186 g/mol. The highest BCUT2D eigenvalue weighted by Crippen LogP contribution is 2.11. The summed E-state index contributed by atoms with van der Waals surface area (Å²) in [6.45, 7) is 5.77. The van der Waals surface area contributed by atoms with Gasteiger partial charge in [-0.05, 0) is 6.42 Å². The summed E-state index contributed by atoms with van der Waals surface area (Å²) in [5.74, 6) is 0.480. The van der Waals surface area contributed by atoms with E-state index in [2.05, 4.69) is 18.4 Å². The molecule has 0 fully saturated rings. The SMILES string of the molecule is C=C(CCCCCCCCC)OO. The molecule has 0 aromatic heterocycles. The lowest BCUT2D eigenvalue weighted by atomic mass is 10.1. The summed E-state index contributed by atoms with van der Waals surface area (Å²) in [4.78, 5) is 4.00. The first-order valence-corrected chi connectivity index (χ1v) is 5.30. The van der Waals surface area contributed by atoms with Crippen molar-refractivity contribution in [2.45, 2.75) is 58.3 Å². The summed E-state index contributed by atoms with van der Waals surface area (Å²) in [5.41, 5.74) is 0. The molecule has 78 valence electrons. The van der Waals surface area contributed by atoms with Crippen LogP contribution in [0.3, 0.4) is 0 Å². The van der Waals surface area contributed by atoms with Gasteiger partial charge in [-0.15, -0.1) is 0 Å². The lowest BCUT2D eigenvalue weighted by Gasteiger charge is -2.01. The molecule has 0 saturated heterocycles. The van der Waals surface area contributed by atoms with E-state index in [1.807, 2.05) is 0 Å².